The number of hydrogen-bond acceptors (Lipinski definition) is 7. The van der Waals surface area contributed by atoms with Crippen molar-refractivity contribution in [3.8, 4) is 28.3 Å². The third-order valence-electron chi connectivity index (χ3n) is 4.61. The highest BCUT2D eigenvalue weighted by atomic mass is 16.5. The van der Waals surface area contributed by atoms with Crippen LogP contribution in [0.5, 0.6) is 5.75 Å². The maximum atomic E-state index is 12.1. The number of benzene rings is 2. The molecular weight excluding hydrogens is 382 g/mol. The quantitative estimate of drug-likeness (QED) is 0.386. The summed E-state index contributed by atoms with van der Waals surface area (Å²) in [5, 5.41) is 0. The van der Waals surface area contributed by atoms with E-state index in [2.05, 4.69) is 14.9 Å². The SMILES string of the molecule is CN(C)CCCOc1cc(-c2ccc(C=O)cc2)ccc1-c1nc(N)c(N)c(=O)[nH]1. The summed E-state index contributed by atoms with van der Waals surface area (Å²) in [4.78, 5) is 31.9. The molecule has 0 aliphatic carbocycles. The van der Waals surface area contributed by atoms with E-state index in [1.807, 2.05) is 44.4 Å². The van der Waals surface area contributed by atoms with E-state index < -0.39 is 5.56 Å². The molecule has 0 fully saturated rings. The van der Waals surface area contributed by atoms with Crippen LogP contribution in [0.3, 0.4) is 0 Å². The van der Waals surface area contributed by atoms with Crippen LogP contribution >= 0.6 is 0 Å². The van der Waals surface area contributed by atoms with E-state index in [1.54, 1.807) is 12.1 Å². The van der Waals surface area contributed by atoms with Gasteiger partial charge in [-0.3, -0.25) is 9.59 Å². The first-order valence-corrected chi connectivity index (χ1v) is 9.52. The molecule has 2 aromatic carbocycles. The average Bonchev–Trinajstić information content (AvgIpc) is 2.74. The van der Waals surface area contributed by atoms with E-state index in [0.717, 1.165) is 30.4 Å². The van der Waals surface area contributed by atoms with E-state index in [1.165, 1.54) is 0 Å². The van der Waals surface area contributed by atoms with E-state index in [-0.39, 0.29) is 17.3 Å². The number of nitrogens with zero attached hydrogens (tertiary/aromatic N) is 2. The summed E-state index contributed by atoms with van der Waals surface area (Å²) < 4.78 is 6.04. The predicted octanol–water partition coefficient (Wildman–Crippen LogP) is 2.41. The van der Waals surface area contributed by atoms with Crippen molar-refractivity contribution >= 4 is 17.8 Å². The van der Waals surface area contributed by atoms with Crippen molar-refractivity contribution in [3.05, 3.63) is 58.4 Å². The molecule has 0 amide bonds. The first-order valence-electron chi connectivity index (χ1n) is 9.52. The van der Waals surface area contributed by atoms with Crippen LogP contribution in [0.4, 0.5) is 11.5 Å². The lowest BCUT2D eigenvalue weighted by Gasteiger charge is -2.15. The lowest BCUT2D eigenvalue weighted by Crippen LogP contribution is -2.17. The molecule has 0 unspecified atom stereocenters. The highest BCUT2D eigenvalue weighted by Crippen LogP contribution is 2.33. The molecule has 0 radical (unpaired) electrons. The Morgan fingerprint density at radius 3 is 2.43 bits per heavy atom. The first kappa shape index (κ1) is 21.1. The van der Waals surface area contributed by atoms with Crippen molar-refractivity contribution in [2.24, 2.45) is 0 Å². The Kier molecular flexibility index (Phi) is 6.48. The van der Waals surface area contributed by atoms with Crippen LogP contribution in [-0.2, 0) is 0 Å². The molecule has 0 aliphatic heterocycles. The Hall–Kier alpha value is -3.65. The van der Waals surface area contributed by atoms with Crippen molar-refractivity contribution in [3.63, 3.8) is 0 Å². The third-order valence-corrected chi connectivity index (χ3v) is 4.61. The minimum atomic E-state index is -0.496. The zero-order valence-electron chi connectivity index (χ0n) is 17.0. The Labute approximate surface area is 174 Å². The highest BCUT2D eigenvalue weighted by Gasteiger charge is 2.14. The molecule has 0 bridgehead atoms. The van der Waals surface area contributed by atoms with Gasteiger partial charge in [-0.25, -0.2) is 4.98 Å². The second-order valence-electron chi connectivity index (χ2n) is 7.17. The number of ether oxygens (including phenoxy) is 1. The zero-order chi connectivity index (χ0) is 21.7. The zero-order valence-corrected chi connectivity index (χ0v) is 17.0. The smallest absolute Gasteiger partial charge is 0.276 e. The summed E-state index contributed by atoms with van der Waals surface area (Å²) in [7, 11) is 4.00. The first-order chi connectivity index (χ1) is 14.4. The number of anilines is 2. The van der Waals surface area contributed by atoms with Crippen LogP contribution in [0.2, 0.25) is 0 Å². The average molecular weight is 407 g/mol. The van der Waals surface area contributed by atoms with Gasteiger partial charge >= 0.3 is 0 Å². The van der Waals surface area contributed by atoms with Crippen molar-refractivity contribution in [1.82, 2.24) is 14.9 Å². The lowest BCUT2D eigenvalue weighted by molar-refractivity contribution is 0.112. The fraction of sp³-hybridized carbons (Fsp3) is 0.227. The van der Waals surface area contributed by atoms with Gasteiger partial charge in [0.25, 0.3) is 5.56 Å². The van der Waals surface area contributed by atoms with Crippen molar-refractivity contribution in [1.29, 1.82) is 0 Å². The molecule has 30 heavy (non-hydrogen) atoms. The van der Waals surface area contributed by atoms with Crippen LogP contribution in [0.25, 0.3) is 22.5 Å². The molecule has 3 rings (SSSR count). The van der Waals surface area contributed by atoms with Gasteiger partial charge < -0.3 is 26.1 Å². The minimum absolute atomic E-state index is 0.0270. The van der Waals surface area contributed by atoms with E-state index >= 15 is 0 Å². The summed E-state index contributed by atoms with van der Waals surface area (Å²) in [6.07, 6.45) is 1.64. The van der Waals surface area contributed by atoms with Gasteiger partial charge in [0.1, 0.15) is 23.5 Å². The largest absolute Gasteiger partial charge is 0.493 e. The number of aromatic amines is 1. The number of rotatable bonds is 8. The Bertz CT molecular complexity index is 1090. The lowest BCUT2D eigenvalue weighted by atomic mass is 10.0. The predicted molar refractivity (Wildman–Crippen MR) is 119 cm³/mol. The van der Waals surface area contributed by atoms with Crippen molar-refractivity contribution < 1.29 is 9.53 Å². The third kappa shape index (κ3) is 4.84. The second-order valence-corrected chi connectivity index (χ2v) is 7.17. The molecular formula is C22H25N5O3. The molecule has 156 valence electrons. The van der Waals surface area contributed by atoms with Gasteiger partial charge in [0, 0.05) is 12.1 Å². The van der Waals surface area contributed by atoms with Crippen LogP contribution < -0.4 is 21.8 Å². The Morgan fingerprint density at radius 2 is 1.80 bits per heavy atom. The number of carbonyl (C=O) groups is 1. The second kappa shape index (κ2) is 9.23. The van der Waals surface area contributed by atoms with Gasteiger partial charge in [0.2, 0.25) is 0 Å². The molecule has 0 aliphatic rings. The number of hydrogen-bond donors (Lipinski definition) is 3. The van der Waals surface area contributed by atoms with Gasteiger partial charge in [-0.15, -0.1) is 0 Å². The normalized spacial score (nSPS) is 10.9. The molecule has 0 saturated carbocycles. The van der Waals surface area contributed by atoms with Gasteiger partial charge in [0.15, 0.2) is 5.82 Å². The maximum Gasteiger partial charge on any atom is 0.276 e. The Balaban J connectivity index is 2.00. The number of H-pyrrole nitrogens is 1. The highest BCUT2D eigenvalue weighted by molar-refractivity contribution is 5.78. The summed E-state index contributed by atoms with van der Waals surface area (Å²) in [5.74, 6) is 0.830. The van der Waals surface area contributed by atoms with Crippen molar-refractivity contribution in [2.45, 2.75) is 6.42 Å². The number of carbonyl (C=O) groups excluding carboxylic acids is 1. The van der Waals surface area contributed by atoms with Crippen molar-refractivity contribution in [2.75, 3.05) is 38.7 Å². The Morgan fingerprint density at radius 1 is 1.10 bits per heavy atom. The molecule has 0 saturated heterocycles. The van der Waals surface area contributed by atoms with Gasteiger partial charge in [-0.2, -0.15) is 0 Å². The van der Waals surface area contributed by atoms with E-state index in [9.17, 15) is 9.59 Å². The van der Waals surface area contributed by atoms with E-state index in [0.29, 0.717) is 23.5 Å². The summed E-state index contributed by atoms with van der Waals surface area (Å²) in [5.41, 5.74) is 13.9. The summed E-state index contributed by atoms with van der Waals surface area (Å²) in [6.45, 7) is 1.37. The van der Waals surface area contributed by atoms with Crippen LogP contribution in [0.1, 0.15) is 16.8 Å². The molecule has 1 aromatic heterocycles. The number of nitrogens with one attached hydrogen (secondary N) is 1. The molecule has 5 N–H and O–H groups in total. The van der Waals surface area contributed by atoms with Crippen LogP contribution in [0, 0.1) is 0 Å². The number of nitrogen functional groups attached to an aromatic ring is 2. The summed E-state index contributed by atoms with van der Waals surface area (Å²) >= 11 is 0. The maximum absolute atomic E-state index is 12.1. The monoisotopic (exact) mass is 407 g/mol. The molecule has 3 aromatic rings. The van der Waals surface area contributed by atoms with Crippen LogP contribution in [0.15, 0.2) is 47.3 Å². The minimum Gasteiger partial charge on any atom is -0.493 e. The van der Waals surface area contributed by atoms with Gasteiger partial charge in [-0.05, 0) is 43.8 Å². The molecule has 1 heterocycles. The number of aromatic nitrogens is 2. The standard InChI is InChI=1S/C22H25N5O3/c1-27(2)10-3-11-30-18-12-16(15-6-4-14(13-28)5-7-15)8-9-17(18)21-25-20(24)19(23)22(29)26-21/h4-9,12-13H,3,10-11,23H2,1-2H3,(H3,24,25,26,29). The van der Waals surface area contributed by atoms with Gasteiger partial charge in [0.05, 0.1) is 12.2 Å². The van der Waals surface area contributed by atoms with Crippen LogP contribution in [-0.4, -0.2) is 48.4 Å². The molecule has 8 heteroatoms. The molecule has 0 atom stereocenters. The molecule has 8 nitrogen and oxygen atoms in total. The topological polar surface area (TPSA) is 127 Å². The van der Waals surface area contributed by atoms with Gasteiger partial charge in [-0.1, -0.05) is 30.3 Å². The van der Waals surface area contributed by atoms with E-state index in [4.69, 9.17) is 16.2 Å². The fourth-order valence-corrected chi connectivity index (χ4v) is 2.96. The number of nitrogens with two attached hydrogens (primary N) is 2. The number of aldehydes is 1. The summed E-state index contributed by atoms with van der Waals surface area (Å²) in [6, 6.07) is 12.9. The fourth-order valence-electron chi connectivity index (χ4n) is 2.96. The molecule has 0 spiro atoms.